The number of ether oxygens (including phenoxy) is 1. The van der Waals surface area contributed by atoms with Gasteiger partial charge in [-0.05, 0) is 49.3 Å². The number of amides is 1. The minimum atomic E-state index is -0.946. The van der Waals surface area contributed by atoms with Crippen LogP contribution in [-0.2, 0) is 9.59 Å². The molecule has 2 aromatic rings. The van der Waals surface area contributed by atoms with E-state index in [0.29, 0.717) is 23.4 Å². The van der Waals surface area contributed by atoms with Gasteiger partial charge in [0.25, 0.3) is 17.4 Å². The van der Waals surface area contributed by atoms with Crippen LogP contribution in [0.25, 0.3) is 5.76 Å². The van der Waals surface area contributed by atoms with Crippen LogP contribution in [0.3, 0.4) is 0 Å². The summed E-state index contributed by atoms with van der Waals surface area (Å²) in [5.74, 6) is -1.27. The van der Waals surface area contributed by atoms with Gasteiger partial charge in [0.05, 0.1) is 23.6 Å². The van der Waals surface area contributed by atoms with Crippen molar-refractivity contribution < 1.29 is 24.4 Å². The molecule has 9 nitrogen and oxygen atoms in total. The van der Waals surface area contributed by atoms with Crippen LogP contribution in [0.4, 0.5) is 5.69 Å². The van der Waals surface area contributed by atoms with Gasteiger partial charge in [-0.15, -0.1) is 0 Å². The maximum Gasteiger partial charge on any atom is 0.295 e. The van der Waals surface area contributed by atoms with E-state index in [1.54, 1.807) is 31.2 Å². The quantitative estimate of drug-likeness (QED) is 0.197. The number of methoxy groups -OCH3 is 1. The molecule has 0 saturated carbocycles. The second kappa shape index (κ2) is 10.5. The van der Waals surface area contributed by atoms with E-state index in [0.717, 1.165) is 18.7 Å². The number of likely N-dealkylation sites (tertiary alicyclic amines) is 1. The first-order valence-electron chi connectivity index (χ1n) is 11.1. The van der Waals surface area contributed by atoms with Gasteiger partial charge in [0.2, 0.25) is 0 Å². The Balaban J connectivity index is 2.16. The average Bonchev–Trinajstić information content (AvgIpc) is 3.09. The van der Waals surface area contributed by atoms with E-state index in [-0.39, 0.29) is 23.6 Å². The third-order valence-electron chi connectivity index (χ3n) is 6.16. The summed E-state index contributed by atoms with van der Waals surface area (Å²) in [6.07, 6.45) is 0. The van der Waals surface area contributed by atoms with Crippen molar-refractivity contribution in [2.45, 2.75) is 26.8 Å². The molecule has 2 aromatic carbocycles. The number of ketones is 1. The van der Waals surface area contributed by atoms with Crippen LogP contribution in [-0.4, -0.2) is 64.8 Å². The largest absolute Gasteiger partial charge is 0.507 e. The molecular formula is C25H29N3O6. The minimum absolute atomic E-state index is 0.0883. The molecule has 1 aliphatic rings. The summed E-state index contributed by atoms with van der Waals surface area (Å²) in [5.41, 5.74) is 1.24. The van der Waals surface area contributed by atoms with Crippen molar-refractivity contribution >= 4 is 23.1 Å². The molecule has 1 N–H and O–H groups in total. The molecule has 0 radical (unpaired) electrons. The summed E-state index contributed by atoms with van der Waals surface area (Å²) >= 11 is 0. The molecule has 1 amide bonds. The molecule has 1 fully saturated rings. The van der Waals surface area contributed by atoms with Gasteiger partial charge in [0.15, 0.2) is 0 Å². The van der Waals surface area contributed by atoms with Gasteiger partial charge in [-0.1, -0.05) is 26.0 Å². The number of benzene rings is 2. The Kier molecular flexibility index (Phi) is 7.68. The Morgan fingerprint density at radius 2 is 1.88 bits per heavy atom. The molecule has 34 heavy (non-hydrogen) atoms. The summed E-state index contributed by atoms with van der Waals surface area (Å²) in [7, 11) is 1.53. The molecule has 1 saturated heterocycles. The fraction of sp³-hybridized carbons (Fsp3) is 0.360. The summed E-state index contributed by atoms with van der Waals surface area (Å²) in [4.78, 5) is 40.6. The third kappa shape index (κ3) is 4.79. The molecule has 180 valence electrons. The molecule has 1 aliphatic heterocycles. The second-order valence-corrected chi connectivity index (χ2v) is 8.06. The Morgan fingerprint density at radius 1 is 1.18 bits per heavy atom. The Bertz CT molecular complexity index is 1140. The number of aliphatic hydroxyl groups is 1. The molecule has 0 aliphatic carbocycles. The van der Waals surface area contributed by atoms with Gasteiger partial charge in [-0.3, -0.25) is 19.7 Å². The van der Waals surface area contributed by atoms with Crippen molar-refractivity contribution in [3.05, 3.63) is 74.8 Å². The maximum absolute atomic E-state index is 13.1. The first kappa shape index (κ1) is 24.9. The van der Waals surface area contributed by atoms with E-state index < -0.39 is 22.7 Å². The van der Waals surface area contributed by atoms with Crippen LogP contribution in [0.15, 0.2) is 48.0 Å². The molecule has 0 spiro atoms. The average molecular weight is 468 g/mol. The SMILES string of the molecule is CCN(CC)CCN1C(=O)C(=O)/C(=C(/O)c2ccc(OC)c(C)c2)[C@@H]1c1cccc([N+](=O)[O-])c1. The van der Waals surface area contributed by atoms with Crippen molar-refractivity contribution in [3.8, 4) is 5.75 Å². The van der Waals surface area contributed by atoms with E-state index in [1.165, 1.54) is 30.2 Å². The lowest BCUT2D eigenvalue weighted by Gasteiger charge is -2.28. The lowest BCUT2D eigenvalue weighted by atomic mass is 9.94. The number of likely N-dealkylation sites (N-methyl/N-ethyl adjacent to an activating group) is 1. The number of Topliss-reactive ketones (excluding diaryl/α,β-unsaturated/α-hetero) is 1. The van der Waals surface area contributed by atoms with Crippen molar-refractivity contribution in [2.75, 3.05) is 33.3 Å². The predicted molar refractivity (Wildman–Crippen MR) is 128 cm³/mol. The van der Waals surface area contributed by atoms with E-state index in [2.05, 4.69) is 4.90 Å². The zero-order chi connectivity index (χ0) is 25.0. The molecule has 0 aromatic heterocycles. The van der Waals surface area contributed by atoms with Crippen LogP contribution < -0.4 is 4.74 Å². The molecular weight excluding hydrogens is 438 g/mol. The monoisotopic (exact) mass is 467 g/mol. The zero-order valence-corrected chi connectivity index (χ0v) is 19.8. The van der Waals surface area contributed by atoms with Crippen LogP contribution in [0.2, 0.25) is 0 Å². The highest BCUT2D eigenvalue weighted by molar-refractivity contribution is 6.46. The highest BCUT2D eigenvalue weighted by atomic mass is 16.6. The number of aryl methyl sites for hydroxylation is 1. The number of carbonyl (C=O) groups is 2. The zero-order valence-electron chi connectivity index (χ0n) is 19.8. The van der Waals surface area contributed by atoms with E-state index in [4.69, 9.17) is 4.74 Å². The van der Waals surface area contributed by atoms with Gasteiger partial charge in [0, 0.05) is 30.8 Å². The van der Waals surface area contributed by atoms with Gasteiger partial charge in [-0.25, -0.2) is 0 Å². The molecule has 0 unspecified atom stereocenters. The topological polar surface area (TPSA) is 113 Å². The van der Waals surface area contributed by atoms with Crippen molar-refractivity contribution in [3.63, 3.8) is 0 Å². The molecule has 0 bridgehead atoms. The smallest absolute Gasteiger partial charge is 0.295 e. The predicted octanol–water partition coefficient (Wildman–Crippen LogP) is 3.68. The lowest BCUT2D eigenvalue weighted by Crippen LogP contribution is -2.38. The van der Waals surface area contributed by atoms with Gasteiger partial charge >= 0.3 is 0 Å². The highest BCUT2D eigenvalue weighted by Gasteiger charge is 2.46. The Labute approximate surface area is 198 Å². The summed E-state index contributed by atoms with van der Waals surface area (Å²) in [6, 6.07) is 9.82. The molecule has 3 rings (SSSR count). The maximum atomic E-state index is 13.1. The normalized spacial score (nSPS) is 17.4. The number of nitro benzene ring substituents is 1. The molecule has 1 heterocycles. The number of non-ortho nitro benzene ring substituents is 1. The molecule has 9 heteroatoms. The van der Waals surface area contributed by atoms with Crippen molar-refractivity contribution in [1.82, 2.24) is 9.80 Å². The Morgan fingerprint density at radius 3 is 2.47 bits per heavy atom. The minimum Gasteiger partial charge on any atom is -0.507 e. The van der Waals surface area contributed by atoms with Gasteiger partial charge in [0.1, 0.15) is 11.5 Å². The summed E-state index contributed by atoms with van der Waals surface area (Å²) < 4.78 is 5.27. The lowest BCUT2D eigenvalue weighted by molar-refractivity contribution is -0.384. The van der Waals surface area contributed by atoms with Crippen LogP contribution in [0, 0.1) is 17.0 Å². The number of rotatable bonds is 9. The number of nitro groups is 1. The van der Waals surface area contributed by atoms with E-state index in [1.807, 2.05) is 13.8 Å². The Hall–Kier alpha value is -3.72. The van der Waals surface area contributed by atoms with Crippen molar-refractivity contribution in [2.24, 2.45) is 0 Å². The van der Waals surface area contributed by atoms with E-state index in [9.17, 15) is 24.8 Å². The molecule has 1 atom stereocenters. The number of nitrogens with zero attached hydrogens (tertiary/aromatic N) is 3. The summed E-state index contributed by atoms with van der Waals surface area (Å²) in [5, 5.41) is 22.6. The standard InChI is InChI=1S/C25H29N3O6/c1-5-26(6-2)12-13-27-22(17-8-7-9-19(15-17)28(32)33)21(24(30)25(27)31)23(29)18-10-11-20(34-4)16(3)14-18/h7-11,14-15,22,29H,5-6,12-13H2,1-4H3/b23-21+/t22-/m0/s1. The van der Waals surface area contributed by atoms with Crippen molar-refractivity contribution in [1.29, 1.82) is 0 Å². The fourth-order valence-corrected chi connectivity index (χ4v) is 4.24. The van der Waals surface area contributed by atoms with Crippen LogP contribution in [0.5, 0.6) is 5.75 Å². The number of aliphatic hydroxyl groups excluding tert-OH is 1. The number of hydrogen-bond donors (Lipinski definition) is 1. The first-order valence-corrected chi connectivity index (χ1v) is 11.1. The first-order chi connectivity index (χ1) is 16.2. The highest BCUT2D eigenvalue weighted by Crippen LogP contribution is 2.40. The van der Waals surface area contributed by atoms with Crippen LogP contribution >= 0.6 is 0 Å². The fourth-order valence-electron chi connectivity index (χ4n) is 4.24. The number of hydrogen-bond acceptors (Lipinski definition) is 7. The second-order valence-electron chi connectivity index (χ2n) is 8.06. The van der Waals surface area contributed by atoms with E-state index >= 15 is 0 Å². The number of carbonyl (C=O) groups excluding carboxylic acids is 2. The van der Waals surface area contributed by atoms with Crippen LogP contribution in [0.1, 0.15) is 36.6 Å². The van der Waals surface area contributed by atoms with Gasteiger partial charge < -0.3 is 19.6 Å². The van der Waals surface area contributed by atoms with Gasteiger partial charge in [-0.2, -0.15) is 0 Å². The summed E-state index contributed by atoms with van der Waals surface area (Å²) in [6.45, 7) is 8.10. The third-order valence-corrected chi connectivity index (χ3v) is 6.16.